The zero-order valence-corrected chi connectivity index (χ0v) is 15.6. The fourth-order valence-electron chi connectivity index (χ4n) is 3.13. The van der Waals surface area contributed by atoms with Gasteiger partial charge < -0.3 is 4.90 Å². The summed E-state index contributed by atoms with van der Waals surface area (Å²) in [5.41, 5.74) is 0.154. The molecule has 1 aliphatic heterocycles. The first-order valence-electron chi connectivity index (χ1n) is 7.86. The molecule has 0 saturated carbocycles. The Morgan fingerprint density at radius 3 is 2.54 bits per heavy atom. The minimum Gasteiger partial charge on any atom is -0.329 e. The van der Waals surface area contributed by atoms with Crippen LogP contribution in [-0.4, -0.2) is 64.1 Å². The third kappa shape index (κ3) is 3.19. The molecule has 140 valence electrons. The van der Waals surface area contributed by atoms with E-state index in [-0.39, 0.29) is 29.7 Å². The van der Waals surface area contributed by atoms with Gasteiger partial charge in [-0.2, -0.15) is 19.7 Å². The molecular formula is C15H17ClFN5O3S. The number of carbonyl (C=O) groups excluding carboxylic acids is 1. The number of benzene rings is 1. The zero-order chi connectivity index (χ0) is 19.1. The van der Waals surface area contributed by atoms with Gasteiger partial charge in [0.2, 0.25) is 10.0 Å². The standard InChI is InChI=1S/C15H17ClFN5O3S/c1-9-7-21(26(24,25)13-5-3-4-11(16)14(13)17)8-10(2)22(9)15(23)12-6-18-20-19-12/h3-6,9-10H,7-8H2,1-2H3,(H,18,19,20)/t9-,10+. The van der Waals surface area contributed by atoms with Crippen molar-refractivity contribution < 1.29 is 17.6 Å². The molecule has 11 heteroatoms. The van der Waals surface area contributed by atoms with Crippen LogP contribution in [0.15, 0.2) is 29.3 Å². The van der Waals surface area contributed by atoms with E-state index in [0.29, 0.717) is 0 Å². The summed E-state index contributed by atoms with van der Waals surface area (Å²) in [6.07, 6.45) is 1.31. The topological polar surface area (TPSA) is 99.3 Å². The van der Waals surface area contributed by atoms with Crippen molar-refractivity contribution in [2.45, 2.75) is 30.8 Å². The molecule has 0 aliphatic carbocycles. The van der Waals surface area contributed by atoms with Gasteiger partial charge in [0.1, 0.15) is 4.90 Å². The highest BCUT2D eigenvalue weighted by molar-refractivity contribution is 7.89. The fourth-order valence-corrected chi connectivity index (χ4v) is 5.05. The second kappa shape index (κ2) is 6.93. The average Bonchev–Trinajstić information content (AvgIpc) is 3.11. The van der Waals surface area contributed by atoms with Crippen LogP contribution in [0.5, 0.6) is 0 Å². The van der Waals surface area contributed by atoms with Crippen LogP contribution in [0.25, 0.3) is 0 Å². The second-order valence-electron chi connectivity index (χ2n) is 6.14. The van der Waals surface area contributed by atoms with Crippen LogP contribution in [0.1, 0.15) is 24.3 Å². The number of hydrogen-bond acceptors (Lipinski definition) is 5. The van der Waals surface area contributed by atoms with Crippen molar-refractivity contribution in [1.82, 2.24) is 24.6 Å². The Hall–Kier alpha value is -2.04. The van der Waals surface area contributed by atoms with Gasteiger partial charge in [-0.25, -0.2) is 12.8 Å². The number of amides is 1. The first-order chi connectivity index (χ1) is 12.2. The molecule has 26 heavy (non-hydrogen) atoms. The van der Waals surface area contributed by atoms with E-state index in [0.717, 1.165) is 0 Å². The Labute approximate surface area is 155 Å². The van der Waals surface area contributed by atoms with Crippen molar-refractivity contribution >= 4 is 27.5 Å². The number of rotatable bonds is 3. The summed E-state index contributed by atoms with van der Waals surface area (Å²) in [5, 5.41) is 9.51. The smallest absolute Gasteiger partial charge is 0.276 e. The molecule has 1 aliphatic rings. The van der Waals surface area contributed by atoms with Crippen molar-refractivity contribution in [3.05, 3.63) is 40.9 Å². The summed E-state index contributed by atoms with van der Waals surface area (Å²) in [6, 6.07) is 2.99. The Morgan fingerprint density at radius 2 is 1.96 bits per heavy atom. The van der Waals surface area contributed by atoms with Crippen molar-refractivity contribution in [3.63, 3.8) is 0 Å². The van der Waals surface area contributed by atoms with Crippen molar-refractivity contribution in [3.8, 4) is 0 Å². The maximum Gasteiger partial charge on any atom is 0.276 e. The summed E-state index contributed by atoms with van der Waals surface area (Å²) >= 11 is 5.71. The van der Waals surface area contributed by atoms with Gasteiger partial charge >= 0.3 is 0 Å². The number of aromatic nitrogens is 3. The SMILES string of the molecule is C[C@@H]1CN(S(=O)(=O)c2cccc(Cl)c2F)C[C@H](C)N1C(=O)c1cn[nH]n1. The number of hydrogen-bond donors (Lipinski definition) is 1. The predicted octanol–water partition coefficient (Wildman–Crippen LogP) is 1.52. The van der Waals surface area contributed by atoms with Crippen LogP contribution in [0.2, 0.25) is 5.02 Å². The number of nitrogens with zero attached hydrogens (tertiary/aromatic N) is 4. The van der Waals surface area contributed by atoms with Gasteiger partial charge in [-0.05, 0) is 26.0 Å². The van der Waals surface area contributed by atoms with Gasteiger partial charge in [-0.15, -0.1) is 0 Å². The first-order valence-corrected chi connectivity index (χ1v) is 9.68. The van der Waals surface area contributed by atoms with Crippen LogP contribution < -0.4 is 0 Å². The number of piperazine rings is 1. The molecule has 1 aromatic carbocycles. The van der Waals surface area contributed by atoms with Crippen molar-refractivity contribution in [2.24, 2.45) is 0 Å². The molecular weight excluding hydrogens is 385 g/mol. The van der Waals surface area contributed by atoms with E-state index in [9.17, 15) is 17.6 Å². The molecule has 2 atom stereocenters. The maximum absolute atomic E-state index is 14.2. The van der Waals surface area contributed by atoms with Crippen molar-refractivity contribution in [2.75, 3.05) is 13.1 Å². The van der Waals surface area contributed by atoms with Crippen LogP contribution in [0.4, 0.5) is 4.39 Å². The second-order valence-corrected chi connectivity index (χ2v) is 8.45. The lowest BCUT2D eigenvalue weighted by atomic mass is 10.1. The molecule has 2 aromatic rings. The third-order valence-corrected chi connectivity index (χ3v) is 6.43. The van der Waals surface area contributed by atoms with Crippen LogP contribution in [-0.2, 0) is 10.0 Å². The van der Waals surface area contributed by atoms with E-state index >= 15 is 0 Å². The molecule has 3 rings (SSSR count). The quantitative estimate of drug-likeness (QED) is 0.840. The number of nitrogens with one attached hydrogen (secondary N) is 1. The molecule has 8 nitrogen and oxygen atoms in total. The number of halogens is 2. The average molecular weight is 402 g/mol. The molecule has 0 unspecified atom stereocenters. The maximum atomic E-state index is 14.2. The molecule has 0 spiro atoms. The highest BCUT2D eigenvalue weighted by Gasteiger charge is 2.40. The highest BCUT2D eigenvalue weighted by atomic mass is 35.5. The third-order valence-electron chi connectivity index (χ3n) is 4.29. The summed E-state index contributed by atoms with van der Waals surface area (Å²) < 4.78 is 41.1. The highest BCUT2D eigenvalue weighted by Crippen LogP contribution is 2.28. The molecule has 0 radical (unpaired) electrons. The van der Waals surface area contributed by atoms with Gasteiger partial charge in [-0.1, -0.05) is 17.7 Å². The number of aromatic amines is 1. The van der Waals surface area contributed by atoms with E-state index in [1.807, 2.05) is 0 Å². The minimum absolute atomic E-state index is 0.0300. The summed E-state index contributed by atoms with van der Waals surface area (Å²) in [4.78, 5) is 13.6. The fraction of sp³-hybridized carbons (Fsp3) is 0.400. The molecule has 0 bridgehead atoms. The summed E-state index contributed by atoms with van der Waals surface area (Å²) in [6.45, 7) is 3.51. The summed E-state index contributed by atoms with van der Waals surface area (Å²) in [7, 11) is -4.08. The minimum atomic E-state index is -4.08. The lowest BCUT2D eigenvalue weighted by molar-refractivity contribution is 0.0434. The molecule has 1 N–H and O–H groups in total. The molecule has 1 aromatic heterocycles. The van der Waals surface area contributed by atoms with Gasteiger partial charge in [0.15, 0.2) is 11.5 Å². The van der Waals surface area contributed by atoms with Gasteiger partial charge in [0, 0.05) is 25.2 Å². The normalized spacial score (nSPS) is 21.8. The molecule has 2 heterocycles. The first kappa shape index (κ1) is 18.7. The number of sulfonamides is 1. The van der Waals surface area contributed by atoms with Crippen LogP contribution >= 0.6 is 11.6 Å². The lowest BCUT2D eigenvalue weighted by Crippen LogP contribution is -2.59. The lowest BCUT2D eigenvalue weighted by Gasteiger charge is -2.43. The van der Waals surface area contributed by atoms with E-state index < -0.39 is 32.8 Å². The molecule has 1 saturated heterocycles. The number of carbonyl (C=O) groups is 1. The van der Waals surface area contributed by atoms with Gasteiger partial charge in [-0.3, -0.25) is 4.79 Å². The summed E-state index contributed by atoms with van der Waals surface area (Å²) in [5.74, 6) is -1.32. The number of H-pyrrole nitrogens is 1. The van der Waals surface area contributed by atoms with Gasteiger partial charge in [0.05, 0.1) is 11.2 Å². The van der Waals surface area contributed by atoms with Crippen LogP contribution in [0.3, 0.4) is 0 Å². The van der Waals surface area contributed by atoms with Crippen molar-refractivity contribution in [1.29, 1.82) is 0 Å². The Bertz CT molecular complexity index is 909. The van der Waals surface area contributed by atoms with E-state index in [4.69, 9.17) is 11.6 Å². The Kier molecular flexibility index (Phi) is 5.00. The van der Waals surface area contributed by atoms with E-state index in [1.54, 1.807) is 18.7 Å². The molecule has 1 fully saturated rings. The van der Waals surface area contributed by atoms with E-state index in [2.05, 4.69) is 15.4 Å². The van der Waals surface area contributed by atoms with Gasteiger partial charge in [0.25, 0.3) is 5.91 Å². The molecule has 1 amide bonds. The van der Waals surface area contributed by atoms with Crippen LogP contribution in [0, 0.1) is 5.82 Å². The van der Waals surface area contributed by atoms with E-state index in [1.165, 1.54) is 28.7 Å². The Morgan fingerprint density at radius 1 is 1.31 bits per heavy atom. The monoisotopic (exact) mass is 401 g/mol. The Balaban J connectivity index is 1.87. The largest absolute Gasteiger partial charge is 0.329 e. The zero-order valence-electron chi connectivity index (χ0n) is 14.1. The predicted molar refractivity (Wildman–Crippen MR) is 91.6 cm³/mol.